The second kappa shape index (κ2) is 6.88. The van der Waals surface area contributed by atoms with Crippen LogP contribution in [0.25, 0.3) is 22.6 Å². The number of benzene rings is 1. The van der Waals surface area contributed by atoms with E-state index in [-0.39, 0.29) is 11.9 Å². The van der Waals surface area contributed by atoms with Gasteiger partial charge in [0.25, 0.3) is 0 Å². The molecule has 1 unspecified atom stereocenters. The van der Waals surface area contributed by atoms with Crippen molar-refractivity contribution in [1.82, 2.24) is 20.4 Å². The van der Waals surface area contributed by atoms with E-state index in [0.29, 0.717) is 23.5 Å². The smallest absolute Gasteiger partial charge is 0.243 e. The quantitative estimate of drug-likeness (QED) is 0.768. The molecule has 1 N–H and O–H groups in total. The molecule has 0 saturated carbocycles. The summed E-state index contributed by atoms with van der Waals surface area (Å²) in [5, 5.41) is 7.29. The number of aromatic nitrogens is 3. The van der Waals surface area contributed by atoms with Gasteiger partial charge in [0.15, 0.2) is 0 Å². The minimum Gasteiger partial charge on any atom is -0.337 e. The molecular weight excluding hydrogens is 307 g/mol. The molecule has 1 atom stereocenters. The molecule has 0 aliphatic carbocycles. The van der Waals surface area contributed by atoms with Gasteiger partial charge in [0, 0.05) is 17.8 Å². The highest BCUT2D eigenvalue weighted by atomic mass is 19.1. The molecule has 2 aromatic heterocycles. The average molecular weight is 326 g/mol. The number of nitrogens with zero attached hydrogens (tertiary/aromatic N) is 3. The van der Waals surface area contributed by atoms with Crippen LogP contribution >= 0.6 is 0 Å². The minimum atomic E-state index is -0.272. The fraction of sp³-hybridized carbons (Fsp3) is 0.278. The van der Waals surface area contributed by atoms with Crippen molar-refractivity contribution in [2.75, 3.05) is 0 Å². The second-order valence-corrected chi connectivity index (χ2v) is 5.94. The highest BCUT2D eigenvalue weighted by Crippen LogP contribution is 2.22. The molecule has 1 aromatic carbocycles. The first kappa shape index (κ1) is 16.3. The Labute approximate surface area is 139 Å². The summed E-state index contributed by atoms with van der Waals surface area (Å²) in [4.78, 5) is 8.75. The van der Waals surface area contributed by atoms with E-state index in [1.54, 1.807) is 18.3 Å². The maximum Gasteiger partial charge on any atom is 0.243 e. The van der Waals surface area contributed by atoms with E-state index in [0.717, 1.165) is 11.1 Å². The van der Waals surface area contributed by atoms with Crippen LogP contribution in [0.1, 0.15) is 32.7 Å². The van der Waals surface area contributed by atoms with Gasteiger partial charge in [-0.15, -0.1) is 0 Å². The number of hydrogen-bond acceptors (Lipinski definition) is 5. The predicted molar refractivity (Wildman–Crippen MR) is 89.6 cm³/mol. The van der Waals surface area contributed by atoms with Gasteiger partial charge < -0.3 is 9.84 Å². The molecule has 2 heterocycles. The molecule has 6 heteroatoms. The summed E-state index contributed by atoms with van der Waals surface area (Å²) in [6.07, 6.45) is 1.68. The molecular formula is C18H19FN4O. The normalized spacial score (nSPS) is 12.5. The summed E-state index contributed by atoms with van der Waals surface area (Å²) in [6, 6.07) is 10.4. The Bertz CT molecular complexity index is 814. The first-order valence-corrected chi connectivity index (χ1v) is 7.85. The van der Waals surface area contributed by atoms with Crippen molar-refractivity contribution in [3.8, 4) is 22.6 Å². The van der Waals surface area contributed by atoms with Crippen molar-refractivity contribution in [2.45, 2.75) is 32.9 Å². The molecule has 24 heavy (non-hydrogen) atoms. The summed E-state index contributed by atoms with van der Waals surface area (Å²) in [6.45, 7) is 6.08. The SMILES string of the molecule is CC(C)NC(C)c1nc(-c2ccc(-c3cccc(F)c3)cn2)no1. The molecule has 0 amide bonds. The van der Waals surface area contributed by atoms with Crippen LogP contribution in [-0.2, 0) is 0 Å². The monoisotopic (exact) mass is 326 g/mol. The summed E-state index contributed by atoms with van der Waals surface area (Å²) in [5.74, 6) is 0.689. The first-order valence-electron chi connectivity index (χ1n) is 7.85. The van der Waals surface area contributed by atoms with Crippen LogP contribution < -0.4 is 5.32 Å². The van der Waals surface area contributed by atoms with E-state index in [2.05, 4.69) is 34.3 Å². The zero-order chi connectivity index (χ0) is 17.1. The Hall–Kier alpha value is -2.60. The molecule has 0 radical (unpaired) electrons. The van der Waals surface area contributed by atoms with Crippen LogP contribution in [0, 0.1) is 5.82 Å². The highest BCUT2D eigenvalue weighted by Gasteiger charge is 2.16. The Morgan fingerprint density at radius 2 is 1.92 bits per heavy atom. The van der Waals surface area contributed by atoms with E-state index in [4.69, 9.17) is 4.52 Å². The van der Waals surface area contributed by atoms with Gasteiger partial charge in [-0.1, -0.05) is 37.2 Å². The Kier molecular flexibility index (Phi) is 4.66. The van der Waals surface area contributed by atoms with Crippen molar-refractivity contribution in [1.29, 1.82) is 0 Å². The van der Waals surface area contributed by atoms with E-state index in [9.17, 15) is 4.39 Å². The van der Waals surface area contributed by atoms with Gasteiger partial charge in [0.2, 0.25) is 11.7 Å². The van der Waals surface area contributed by atoms with Crippen LogP contribution in [0.2, 0.25) is 0 Å². The maximum absolute atomic E-state index is 13.3. The maximum atomic E-state index is 13.3. The molecule has 0 spiro atoms. The summed E-state index contributed by atoms with van der Waals surface area (Å²) < 4.78 is 18.6. The third-order valence-corrected chi connectivity index (χ3v) is 3.55. The van der Waals surface area contributed by atoms with Gasteiger partial charge in [-0.3, -0.25) is 4.98 Å². The van der Waals surface area contributed by atoms with Crippen molar-refractivity contribution < 1.29 is 8.91 Å². The molecule has 3 aromatic rings. The zero-order valence-electron chi connectivity index (χ0n) is 13.8. The van der Waals surface area contributed by atoms with Gasteiger partial charge in [-0.05, 0) is 30.7 Å². The topological polar surface area (TPSA) is 63.8 Å². The standard InChI is InChI=1S/C18H19FN4O/c1-11(2)21-12(3)18-22-17(23-24-18)16-8-7-14(10-20-16)13-5-4-6-15(19)9-13/h4-12,21H,1-3H3. The van der Waals surface area contributed by atoms with E-state index < -0.39 is 0 Å². The fourth-order valence-electron chi connectivity index (χ4n) is 2.45. The first-order chi connectivity index (χ1) is 11.5. The van der Waals surface area contributed by atoms with Gasteiger partial charge in [0.05, 0.1) is 6.04 Å². The minimum absolute atomic E-state index is 0.0298. The number of halogens is 1. The van der Waals surface area contributed by atoms with Gasteiger partial charge in [-0.2, -0.15) is 4.98 Å². The van der Waals surface area contributed by atoms with Crippen molar-refractivity contribution in [2.24, 2.45) is 0 Å². The Morgan fingerprint density at radius 3 is 2.58 bits per heavy atom. The average Bonchev–Trinajstić information content (AvgIpc) is 3.04. The van der Waals surface area contributed by atoms with Crippen LogP contribution in [0.4, 0.5) is 4.39 Å². The number of hydrogen-bond donors (Lipinski definition) is 1. The second-order valence-electron chi connectivity index (χ2n) is 5.94. The third-order valence-electron chi connectivity index (χ3n) is 3.55. The number of pyridine rings is 1. The van der Waals surface area contributed by atoms with Crippen LogP contribution in [0.5, 0.6) is 0 Å². The third kappa shape index (κ3) is 3.65. The van der Waals surface area contributed by atoms with E-state index in [1.165, 1.54) is 12.1 Å². The fourth-order valence-corrected chi connectivity index (χ4v) is 2.45. The molecule has 0 aliphatic rings. The lowest BCUT2D eigenvalue weighted by Crippen LogP contribution is -2.26. The van der Waals surface area contributed by atoms with Crippen LogP contribution in [0.15, 0.2) is 47.1 Å². The lowest BCUT2D eigenvalue weighted by Gasteiger charge is -2.11. The Balaban J connectivity index is 1.80. The summed E-state index contributed by atoms with van der Waals surface area (Å²) in [5.41, 5.74) is 2.22. The predicted octanol–water partition coefficient (Wildman–Crippen LogP) is 4.00. The van der Waals surface area contributed by atoms with Crippen molar-refractivity contribution in [3.63, 3.8) is 0 Å². The van der Waals surface area contributed by atoms with Gasteiger partial charge >= 0.3 is 0 Å². The zero-order valence-corrected chi connectivity index (χ0v) is 13.8. The molecule has 124 valence electrons. The number of nitrogens with one attached hydrogen (secondary N) is 1. The van der Waals surface area contributed by atoms with Crippen molar-refractivity contribution >= 4 is 0 Å². The van der Waals surface area contributed by atoms with E-state index in [1.807, 2.05) is 19.1 Å². The molecule has 0 saturated heterocycles. The van der Waals surface area contributed by atoms with Crippen molar-refractivity contribution in [3.05, 3.63) is 54.3 Å². The number of rotatable bonds is 5. The molecule has 0 fully saturated rings. The molecule has 0 bridgehead atoms. The van der Waals surface area contributed by atoms with E-state index >= 15 is 0 Å². The molecule has 0 aliphatic heterocycles. The summed E-state index contributed by atoms with van der Waals surface area (Å²) >= 11 is 0. The molecule has 5 nitrogen and oxygen atoms in total. The largest absolute Gasteiger partial charge is 0.337 e. The highest BCUT2D eigenvalue weighted by molar-refractivity contribution is 5.64. The Morgan fingerprint density at radius 1 is 1.08 bits per heavy atom. The van der Waals surface area contributed by atoms with Crippen LogP contribution in [-0.4, -0.2) is 21.2 Å². The lowest BCUT2D eigenvalue weighted by molar-refractivity contribution is 0.330. The van der Waals surface area contributed by atoms with Crippen LogP contribution in [0.3, 0.4) is 0 Å². The molecule has 3 rings (SSSR count). The van der Waals surface area contributed by atoms with Gasteiger partial charge in [0.1, 0.15) is 11.5 Å². The summed E-state index contributed by atoms with van der Waals surface area (Å²) in [7, 11) is 0. The van der Waals surface area contributed by atoms with Gasteiger partial charge in [-0.25, -0.2) is 4.39 Å². The lowest BCUT2D eigenvalue weighted by atomic mass is 10.1.